The average Bonchev–Trinajstić information content (AvgIpc) is 2.72. The second-order valence-electron chi connectivity index (χ2n) is 7.41. The number of ketones is 1. The number of hydrogen-bond acceptors (Lipinski definition) is 8. The van der Waals surface area contributed by atoms with E-state index in [0.717, 1.165) is 37.8 Å². The summed E-state index contributed by atoms with van der Waals surface area (Å²) < 4.78 is 23.1. The Morgan fingerprint density at radius 1 is 0.686 bits per heavy atom. The van der Waals surface area contributed by atoms with E-state index in [4.69, 9.17) is 0 Å². The molecular formula is C22H48N6O6S. The number of unbranched alkanes of at least 4 members (excludes halogenated alkanes) is 1. The van der Waals surface area contributed by atoms with Crippen LogP contribution < -0.4 is 31.3 Å². The number of amides is 3. The van der Waals surface area contributed by atoms with Crippen LogP contribution in [0.5, 0.6) is 0 Å². The average molecular weight is 525 g/mol. The molecule has 35 heavy (non-hydrogen) atoms. The number of sulfonamides is 1. The number of Topliss-reactive ketones (excluding diaryl/α,β-unsaturated/α-hetero) is 1. The highest BCUT2D eigenvalue weighted by Crippen LogP contribution is 1.93. The Morgan fingerprint density at radius 3 is 1.31 bits per heavy atom. The molecular weight excluding hydrogens is 476 g/mol. The molecule has 0 aliphatic heterocycles. The van der Waals surface area contributed by atoms with Crippen molar-refractivity contribution in [3.8, 4) is 0 Å². The van der Waals surface area contributed by atoms with Crippen molar-refractivity contribution in [3.05, 3.63) is 12.3 Å². The Bertz CT molecular complexity index is 683. The van der Waals surface area contributed by atoms with Crippen molar-refractivity contribution < 1.29 is 27.6 Å². The van der Waals surface area contributed by atoms with Gasteiger partial charge in [-0.2, -0.15) is 0 Å². The molecule has 0 saturated heterocycles. The normalized spacial score (nSPS) is 9.37. The van der Waals surface area contributed by atoms with Gasteiger partial charge in [-0.15, -0.1) is 0 Å². The summed E-state index contributed by atoms with van der Waals surface area (Å²) in [6.07, 6.45) is 3.94. The van der Waals surface area contributed by atoms with Crippen LogP contribution in [0.2, 0.25) is 0 Å². The maximum Gasteiger partial charge on any atom is 0.216 e. The fourth-order valence-electron chi connectivity index (χ4n) is 1.63. The first kappa shape index (κ1) is 39.7. The fourth-order valence-corrected chi connectivity index (χ4v) is 2.10. The highest BCUT2D eigenvalue weighted by atomic mass is 32.2. The highest BCUT2D eigenvalue weighted by molar-refractivity contribution is 7.88. The molecule has 0 aliphatic carbocycles. The Kier molecular flexibility index (Phi) is 31.5. The van der Waals surface area contributed by atoms with Crippen LogP contribution in [0.1, 0.15) is 53.9 Å². The van der Waals surface area contributed by atoms with Gasteiger partial charge in [0.2, 0.25) is 27.7 Å². The monoisotopic (exact) mass is 524 g/mol. The smallest absolute Gasteiger partial charge is 0.216 e. The van der Waals surface area contributed by atoms with E-state index in [1.165, 1.54) is 20.8 Å². The van der Waals surface area contributed by atoms with E-state index < -0.39 is 10.0 Å². The van der Waals surface area contributed by atoms with Crippen molar-refractivity contribution in [2.45, 2.75) is 53.9 Å². The Labute approximate surface area is 211 Å². The number of rotatable bonds is 13. The van der Waals surface area contributed by atoms with Gasteiger partial charge in [-0.25, -0.2) is 13.1 Å². The van der Waals surface area contributed by atoms with Gasteiger partial charge in [0.15, 0.2) is 0 Å². The van der Waals surface area contributed by atoms with Crippen LogP contribution in [0.15, 0.2) is 12.3 Å². The Balaban J connectivity index is -0.000000189. The zero-order chi connectivity index (χ0) is 28.3. The van der Waals surface area contributed by atoms with Crippen LogP contribution in [0.3, 0.4) is 0 Å². The minimum Gasteiger partial charge on any atom is -0.392 e. The summed E-state index contributed by atoms with van der Waals surface area (Å²) in [5.41, 5.74) is 1.00. The molecule has 0 aliphatic rings. The molecule has 0 atom stereocenters. The van der Waals surface area contributed by atoms with Crippen LogP contribution in [-0.2, 0) is 29.2 Å². The molecule has 6 N–H and O–H groups in total. The summed E-state index contributed by atoms with van der Waals surface area (Å²) in [5, 5.41) is 13.4. The molecule has 0 heterocycles. The van der Waals surface area contributed by atoms with E-state index in [-0.39, 0.29) is 24.3 Å². The fraction of sp³-hybridized carbons (Fsp3) is 0.727. The third-order valence-electron chi connectivity index (χ3n) is 3.37. The molecule has 3 amide bonds. The van der Waals surface area contributed by atoms with Gasteiger partial charge in [0, 0.05) is 60.4 Å². The minimum atomic E-state index is -3.12. The van der Waals surface area contributed by atoms with Gasteiger partial charge in [-0.3, -0.25) is 14.4 Å². The van der Waals surface area contributed by atoms with Crippen LogP contribution in [0, 0.1) is 0 Å². The molecule has 0 spiro atoms. The van der Waals surface area contributed by atoms with Gasteiger partial charge in [0.05, 0.1) is 6.26 Å². The van der Waals surface area contributed by atoms with E-state index in [2.05, 4.69) is 37.9 Å². The first-order valence-corrected chi connectivity index (χ1v) is 13.1. The lowest BCUT2D eigenvalue weighted by Crippen LogP contribution is -2.32. The molecule has 0 unspecified atom stereocenters. The maximum atomic E-state index is 10.5. The van der Waals surface area contributed by atoms with Crippen molar-refractivity contribution >= 4 is 33.5 Å². The van der Waals surface area contributed by atoms with Crippen molar-refractivity contribution in [2.24, 2.45) is 0 Å². The summed E-state index contributed by atoms with van der Waals surface area (Å²) in [5.74, 6) is -0.0258. The molecule has 0 aromatic carbocycles. The maximum absolute atomic E-state index is 10.5. The van der Waals surface area contributed by atoms with Gasteiger partial charge < -0.3 is 31.4 Å². The largest absolute Gasteiger partial charge is 0.392 e. The molecule has 0 fully saturated rings. The van der Waals surface area contributed by atoms with Gasteiger partial charge in [0.1, 0.15) is 5.78 Å². The van der Waals surface area contributed by atoms with Gasteiger partial charge >= 0.3 is 0 Å². The number of carbonyl (C=O) groups excluding carboxylic acids is 4. The summed E-state index contributed by atoms with van der Waals surface area (Å²) >= 11 is 0. The summed E-state index contributed by atoms with van der Waals surface area (Å²) in [7, 11) is 0.651. The lowest BCUT2D eigenvalue weighted by atomic mass is 10.2. The third-order valence-corrected chi connectivity index (χ3v) is 4.10. The van der Waals surface area contributed by atoms with E-state index in [1.54, 1.807) is 6.92 Å². The predicted molar refractivity (Wildman–Crippen MR) is 141 cm³/mol. The number of nitrogens with one attached hydrogen (secondary N) is 6. The summed E-state index contributed by atoms with van der Waals surface area (Å²) in [6.45, 7) is 13.9. The molecule has 0 aromatic rings. The number of allylic oxidation sites excluding steroid dienone is 1. The Hall–Kier alpha value is -2.51. The number of carbonyl (C=O) groups is 4. The van der Waals surface area contributed by atoms with Crippen molar-refractivity contribution in [1.29, 1.82) is 0 Å². The van der Waals surface area contributed by atoms with Crippen LogP contribution >= 0.6 is 0 Å². The number of hydrogen-bond donors (Lipinski definition) is 6. The van der Waals surface area contributed by atoms with Crippen molar-refractivity contribution in [3.63, 3.8) is 0 Å². The van der Waals surface area contributed by atoms with E-state index >= 15 is 0 Å². The molecule has 0 aromatic heterocycles. The molecule has 0 radical (unpaired) electrons. The highest BCUT2D eigenvalue weighted by Gasteiger charge is 1.98. The molecule has 13 heteroatoms. The molecule has 0 saturated carbocycles. The van der Waals surface area contributed by atoms with E-state index in [0.29, 0.717) is 25.4 Å². The lowest BCUT2D eigenvalue weighted by Gasteiger charge is -2.01. The lowest BCUT2D eigenvalue weighted by molar-refractivity contribution is -0.120. The zero-order valence-corrected chi connectivity index (χ0v) is 23.5. The zero-order valence-electron chi connectivity index (χ0n) is 22.7. The summed E-state index contributed by atoms with van der Waals surface area (Å²) in [4.78, 5) is 41.2. The SMILES string of the molecule is C=C(C)NC.CC(=O)NCCNC(C)=O.CC(=O)NCCNS(C)(=O)=O.CNCCCCC(C)=O. The molecule has 0 bridgehead atoms. The second-order valence-corrected chi connectivity index (χ2v) is 9.24. The van der Waals surface area contributed by atoms with Crippen molar-refractivity contribution in [2.75, 3.05) is 53.1 Å². The van der Waals surface area contributed by atoms with E-state index in [9.17, 15) is 27.6 Å². The van der Waals surface area contributed by atoms with Crippen LogP contribution in [0.25, 0.3) is 0 Å². The van der Waals surface area contributed by atoms with Crippen LogP contribution in [-0.4, -0.2) is 85.0 Å². The third kappa shape index (κ3) is 65.2. The molecule has 12 nitrogen and oxygen atoms in total. The van der Waals surface area contributed by atoms with Gasteiger partial charge in [0.25, 0.3) is 0 Å². The minimum absolute atomic E-state index is 0.0784. The standard InChI is InChI=1S/C7H15NO.C6H12N2O2.C5H12N2O3S.C4H9N/c1-7(9)5-3-4-6-8-2;1-5(9)7-3-4-8-6(2)10;1-5(8)6-3-4-7-11(2,9)10;1-4(2)5-3/h8H,3-6H2,1-2H3;3-4H2,1-2H3,(H,7,9)(H,8,10);7H,3-4H2,1-2H3,(H,6,8);5H,1H2,2-3H3. The Morgan fingerprint density at radius 2 is 1.06 bits per heavy atom. The van der Waals surface area contributed by atoms with E-state index in [1.807, 2.05) is 21.0 Å². The molecule has 0 rings (SSSR count). The first-order chi connectivity index (χ1) is 16.1. The van der Waals surface area contributed by atoms with Crippen molar-refractivity contribution in [1.82, 2.24) is 31.3 Å². The molecule has 208 valence electrons. The predicted octanol–water partition coefficient (Wildman–Crippen LogP) is -0.365. The van der Waals surface area contributed by atoms with Gasteiger partial charge in [-0.05, 0) is 46.0 Å². The van der Waals surface area contributed by atoms with Crippen LogP contribution in [0.4, 0.5) is 0 Å². The topological polar surface area (TPSA) is 175 Å². The first-order valence-electron chi connectivity index (χ1n) is 11.2. The van der Waals surface area contributed by atoms with Gasteiger partial charge in [-0.1, -0.05) is 6.58 Å². The second kappa shape index (κ2) is 27.7. The quantitative estimate of drug-likeness (QED) is 0.177. The summed E-state index contributed by atoms with van der Waals surface area (Å²) in [6, 6.07) is 0.